The van der Waals surface area contributed by atoms with Crippen molar-refractivity contribution in [2.24, 2.45) is 0 Å². The number of sulfone groups is 1. The Kier molecular flexibility index (Phi) is 6.09. The molecular formula is C22H21FN6O3S2. The molecule has 1 aromatic carbocycles. The summed E-state index contributed by atoms with van der Waals surface area (Å²) >= 11 is 0.831. The van der Waals surface area contributed by atoms with Crippen LogP contribution in [-0.2, 0) is 16.4 Å². The van der Waals surface area contributed by atoms with Crippen LogP contribution in [0.4, 0.5) is 9.52 Å². The summed E-state index contributed by atoms with van der Waals surface area (Å²) in [6.45, 7) is 0.0933. The van der Waals surface area contributed by atoms with Crippen LogP contribution in [0.3, 0.4) is 0 Å². The number of benzene rings is 1. The molecule has 0 aliphatic heterocycles. The summed E-state index contributed by atoms with van der Waals surface area (Å²) in [7, 11) is -3.58. The smallest absolute Gasteiger partial charge is 0.278 e. The first kappa shape index (κ1) is 22.5. The van der Waals surface area contributed by atoms with E-state index in [9.17, 15) is 17.6 Å². The van der Waals surface area contributed by atoms with Gasteiger partial charge in [-0.25, -0.2) is 22.5 Å². The summed E-state index contributed by atoms with van der Waals surface area (Å²) in [6, 6.07) is 9.69. The molecule has 0 atom stereocenters. The van der Waals surface area contributed by atoms with Crippen LogP contribution >= 0.6 is 11.3 Å². The van der Waals surface area contributed by atoms with Gasteiger partial charge in [0.2, 0.25) is 19.3 Å². The molecule has 3 aromatic heterocycles. The van der Waals surface area contributed by atoms with Crippen molar-refractivity contribution in [1.82, 2.24) is 25.0 Å². The fourth-order valence-electron chi connectivity index (χ4n) is 4.12. The van der Waals surface area contributed by atoms with Crippen molar-refractivity contribution in [2.75, 3.05) is 5.32 Å². The Labute approximate surface area is 199 Å². The molecule has 0 unspecified atom stereocenters. The van der Waals surface area contributed by atoms with Gasteiger partial charge in [0.25, 0.3) is 5.91 Å². The fourth-order valence-corrected chi connectivity index (χ4v) is 7.10. The first-order chi connectivity index (χ1) is 16.4. The standard InChI is InChI=1S/C22H21FN6O3S2/c23-17-11-5-4-7-14(17)13-29-19-16(10-6-12-24-19)18(28-29)20(30)25-21-26-27-22(33-21)34(31,32)15-8-2-1-3-9-15/h4-7,10-12,15H,1-3,8-9,13H2,(H,25,26,30). The summed E-state index contributed by atoms with van der Waals surface area (Å²) in [5.74, 6) is -0.961. The van der Waals surface area contributed by atoms with E-state index in [4.69, 9.17) is 0 Å². The predicted octanol–water partition coefficient (Wildman–Crippen LogP) is 3.83. The van der Waals surface area contributed by atoms with Crippen molar-refractivity contribution in [1.29, 1.82) is 0 Å². The molecule has 176 valence electrons. The molecule has 4 aromatic rings. The van der Waals surface area contributed by atoms with Gasteiger partial charge in [-0.3, -0.25) is 10.1 Å². The summed E-state index contributed by atoms with van der Waals surface area (Å²) < 4.78 is 41.3. The normalized spacial score (nSPS) is 15.0. The van der Waals surface area contributed by atoms with E-state index in [1.165, 1.54) is 10.7 Å². The highest BCUT2D eigenvalue weighted by Gasteiger charge is 2.32. The van der Waals surface area contributed by atoms with E-state index in [1.807, 2.05) is 0 Å². The first-order valence-corrected chi connectivity index (χ1v) is 13.2. The van der Waals surface area contributed by atoms with E-state index in [0.29, 0.717) is 29.4 Å². The molecule has 0 spiro atoms. The largest absolute Gasteiger partial charge is 0.295 e. The lowest BCUT2D eigenvalue weighted by atomic mass is 10.0. The van der Waals surface area contributed by atoms with Crippen molar-refractivity contribution in [2.45, 2.75) is 48.2 Å². The Morgan fingerprint density at radius 1 is 1.12 bits per heavy atom. The second-order valence-electron chi connectivity index (χ2n) is 8.10. The molecule has 12 heteroatoms. The highest BCUT2D eigenvalue weighted by Crippen LogP contribution is 2.31. The monoisotopic (exact) mass is 500 g/mol. The molecule has 1 aliphatic carbocycles. The van der Waals surface area contributed by atoms with Gasteiger partial charge in [-0.2, -0.15) is 5.10 Å². The number of amides is 1. The summed E-state index contributed by atoms with van der Waals surface area (Å²) in [5, 5.41) is 14.8. The van der Waals surface area contributed by atoms with E-state index in [1.54, 1.807) is 36.5 Å². The molecule has 1 fully saturated rings. The van der Waals surface area contributed by atoms with Gasteiger partial charge >= 0.3 is 0 Å². The van der Waals surface area contributed by atoms with Crippen LogP contribution in [0, 0.1) is 5.82 Å². The van der Waals surface area contributed by atoms with Gasteiger partial charge < -0.3 is 0 Å². The predicted molar refractivity (Wildman–Crippen MR) is 125 cm³/mol. The Hall–Kier alpha value is -3.25. The van der Waals surface area contributed by atoms with Gasteiger partial charge in [-0.05, 0) is 31.0 Å². The molecule has 5 rings (SSSR count). The number of rotatable bonds is 6. The zero-order chi connectivity index (χ0) is 23.7. The molecule has 0 bridgehead atoms. The fraction of sp³-hybridized carbons (Fsp3) is 0.318. The van der Waals surface area contributed by atoms with Crippen LogP contribution in [0.15, 0.2) is 46.9 Å². The third-order valence-electron chi connectivity index (χ3n) is 5.86. The van der Waals surface area contributed by atoms with Crippen molar-refractivity contribution in [3.05, 3.63) is 59.7 Å². The Morgan fingerprint density at radius 3 is 2.71 bits per heavy atom. The number of anilines is 1. The first-order valence-electron chi connectivity index (χ1n) is 10.9. The van der Waals surface area contributed by atoms with Crippen LogP contribution in [0.5, 0.6) is 0 Å². The molecule has 9 nitrogen and oxygen atoms in total. The maximum atomic E-state index is 14.2. The molecular weight excluding hydrogens is 479 g/mol. The van der Waals surface area contributed by atoms with Crippen molar-refractivity contribution < 1.29 is 17.6 Å². The van der Waals surface area contributed by atoms with E-state index in [0.717, 1.165) is 30.6 Å². The second-order valence-corrected chi connectivity index (χ2v) is 11.5. The Morgan fingerprint density at radius 2 is 1.91 bits per heavy atom. The van der Waals surface area contributed by atoms with E-state index in [-0.39, 0.29) is 27.5 Å². The maximum Gasteiger partial charge on any atom is 0.278 e. The number of aromatic nitrogens is 5. The highest BCUT2D eigenvalue weighted by molar-refractivity contribution is 7.94. The number of nitrogens with one attached hydrogen (secondary N) is 1. The van der Waals surface area contributed by atoms with Crippen LogP contribution in [0.1, 0.15) is 48.2 Å². The third kappa shape index (κ3) is 4.30. The topological polar surface area (TPSA) is 120 Å². The van der Waals surface area contributed by atoms with E-state index < -0.39 is 21.0 Å². The van der Waals surface area contributed by atoms with Gasteiger partial charge in [-0.15, -0.1) is 10.2 Å². The van der Waals surface area contributed by atoms with Gasteiger partial charge in [-0.1, -0.05) is 48.8 Å². The number of hydrogen-bond donors (Lipinski definition) is 1. The molecule has 0 radical (unpaired) electrons. The van der Waals surface area contributed by atoms with Crippen molar-refractivity contribution in [3.8, 4) is 0 Å². The quantitative estimate of drug-likeness (QED) is 0.400. The minimum absolute atomic E-state index is 0.0695. The SMILES string of the molecule is O=C(Nc1nnc(S(=O)(=O)C2CCCCC2)s1)c1nn(Cc2ccccc2F)c2ncccc12. The lowest BCUT2D eigenvalue weighted by molar-refractivity contribution is 0.102. The molecule has 1 aliphatic rings. The highest BCUT2D eigenvalue weighted by atomic mass is 32.2. The molecule has 1 amide bonds. The average molecular weight is 501 g/mol. The molecule has 34 heavy (non-hydrogen) atoms. The van der Waals surface area contributed by atoms with Crippen molar-refractivity contribution in [3.63, 3.8) is 0 Å². The molecule has 0 saturated heterocycles. The number of fused-ring (bicyclic) bond motifs is 1. The number of carbonyl (C=O) groups is 1. The maximum absolute atomic E-state index is 14.2. The van der Waals surface area contributed by atoms with Gasteiger partial charge in [0.15, 0.2) is 11.3 Å². The van der Waals surface area contributed by atoms with Crippen LogP contribution in [-0.4, -0.2) is 44.5 Å². The Balaban J connectivity index is 1.40. The lowest BCUT2D eigenvalue weighted by Gasteiger charge is -2.19. The van der Waals surface area contributed by atoms with Gasteiger partial charge in [0.1, 0.15) is 5.82 Å². The molecule has 1 N–H and O–H groups in total. The number of carbonyl (C=O) groups excluding carboxylic acids is 1. The molecule has 3 heterocycles. The third-order valence-corrected chi connectivity index (χ3v) is 9.36. The van der Waals surface area contributed by atoms with Crippen LogP contribution in [0.2, 0.25) is 0 Å². The zero-order valence-electron chi connectivity index (χ0n) is 18.0. The van der Waals surface area contributed by atoms with Crippen LogP contribution < -0.4 is 5.32 Å². The van der Waals surface area contributed by atoms with Crippen LogP contribution in [0.25, 0.3) is 11.0 Å². The zero-order valence-corrected chi connectivity index (χ0v) is 19.6. The summed E-state index contributed by atoms with van der Waals surface area (Å²) in [4.78, 5) is 17.3. The number of nitrogens with zero attached hydrogens (tertiary/aromatic N) is 5. The Bertz CT molecular complexity index is 1460. The summed E-state index contributed by atoms with van der Waals surface area (Å²) in [5.41, 5.74) is 0.909. The lowest BCUT2D eigenvalue weighted by Crippen LogP contribution is -2.24. The number of hydrogen-bond acceptors (Lipinski definition) is 8. The summed E-state index contributed by atoms with van der Waals surface area (Å²) in [6.07, 6.45) is 5.59. The van der Waals surface area contributed by atoms with Crippen molar-refractivity contribution >= 4 is 43.2 Å². The number of pyridine rings is 1. The second kappa shape index (κ2) is 9.18. The van der Waals surface area contributed by atoms with Gasteiger partial charge in [0.05, 0.1) is 17.2 Å². The van der Waals surface area contributed by atoms with Gasteiger partial charge in [0, 0.05) is 11.8 Å². The average Bonchev–Trinajstić information content (AvgIpc) is 3.47. The minimum Gasteiger partial charge on any atom is -0.295 e. The van der Waals surface area contributed by atoms with E-state index >= 15 is 0 Å². The minimum atomic E-state index is -3.58. The van der Waals surface area contributed by atoms with E-state index in [2.05, 4.69) is 25.6 Å². The molecule has 1 saturated carbocycles. The number of halogens is 1.